The molecule has 0 radical (unpaired) electrons. The van der Waals surface area contributed by atoms with Gasteiger partial charge in [-0.05, 0) is 44.5 Å². The molecule has 0 aliphatic heterocycles. The van der Waals surface area contributed by atoms with Gasteiger partial charge >= 0.3 is 12.0 Å². The quantitative estimate of drug-likeness (QED) is 0.685. The van der Waals surface area contributed by atoms with Crippen molar-refractivity contribution in [3.05, 3.63) is 28.7 Å². The fourth-order valence-corrected chi connectivity index (χ4v) is 1.81. The summed E-state index contributed by atoms with van der Waals surface area (Å²) < 4.78 is 11.1. The molecule has 7 nitrogen and oxygen atoms in total. The Balaban J connectivity index is 2.35. The number of carbonyl (C=O) groups excluding carboxylic acids is 3. The van der Waals surface area contributed by atoms with Gasteiger partial charge in [0.25, 0.3) is 5.91 Å². The number of amides is 3. The highest BCUT2D eigenvalue weighted by atomic mass is 79.9. The lowest BCUT2D eigenvalue weighted by Crippen LogP contribution is -2.45. The van der Waals surface area contributed by atoms with Gasteiger partial charge in [-0.3, -0.25) is 10.1 Å². The van der Waals surface area contributed by atoms with Crippen LogP contribution < -0.4 is 15.4 Å². The zero-order valence-corrected chi connectivity index (χ0v) is 15.4. The summed E-state index contributed by atoms with van der Waals surface area (Å²) in [7, 11) is 0. The molecule has 3 amide bonds. The van der Waals surface area contributed by atoms with Gasteiger partial charge < -0.3 is 14.8 Å². The van der Waals surface area contributed by atoms with Crippen molar-refractivity contribution in [3.8, 4) is 5.75 Å². The van der Waals surface area contributed by atoms with Crippen LogP contribution in [0.5, 0.6) is 5.75 Å². The van der Waals surface area contributed by atoms with Crippen molar-refractivity contribution in [1.29, 1.82) is 0 Å². The van der Waals surface area contributed by atoms with Crippen molar-refractivity contribution < 1.29 is 23.9 Å². The molecule has 2 atom stereocenters. The molecule has 0 bridgehead atoms. The molecule has 0 aliphatic carbocycles. The van der Waals surface area contributed by atoms with Crippen LogP contribution in [-0.2, 0) is 14.3 Å². The highest BCUT2D eigenvalue weighted by Crippen LogP contribution is 2.17. The number of hydrogen-bond donors (Lipinski definition) is 2. The zero-order valence-electron chi connectivity index (χ0n) is 13.8. The molecule has 0 saturated heterocycles. The van der Waals surface area contributed by atoms with E-state index in [0.29, 0.717) is 5.75 Å². The van der Waals surface area contributed by atoms with Crippen molar-refractivity contribution in [2.24, 2.45) is 0 Å². The molecule has 24 heavy (non-hydrogen) atoms. The van der Waals surface area contributed by atoms with Crippen LogP contribution in [0.3, 0.4) is 0 Å². The summed E-state index contributed by atoms with van der Waals surface area (Å²) in [5.74, 6) is -0.907. The molecule has 0 aromatic heterocycles. The van der Waals surface area contributed by atoms with Gasteiger partial charge in [-0.1, -0.05) is 22.9 Å². The van der Waals surface area contributed by atoms with E-state index in [0.717, 1.165) is 10.9 Å². The topological polar surface area (TPSA) is 93.7 Å². The third-order valence-corrected chi connectivity index (χ3v) is 3.58. The van der Waals surface area contributed by atoms with E-state index in [1.807, 2.05) is 13.8 Å². The second kappa shape index (κ2) is 9.92. The van der Waals surface area contributed by atoms with Crippen LogP contribution in [0, 0.1) is 0 Å². The van der Waals surface area contributed by atoms with Gasteiger partial charge in [0.1, 0.15) is 5.75 Å². The van der Waals surface area contributed by atoms with E-state index in [4.69, 9.17) is 9.47 Å². The molecule has 132 valence electrons. The van der Waals surface area contributed by atoms with E-state index < -0.39 is 30.6 Å². The predicted molar refractivity (Wildman–Crippen MR) is 91.6 cm³/mol. The van der Waals surface area contributed by atoms with Crippen molar-refractivity contribution >= 4 is 33.8 Å². The van der Waals surface area contributed by atoms with E-state index >= 15 is 0 Å². The summed E-state index contributed by atoms with van der Waals surface area (Å²) in [6.45, 7) is 4.67. The van der Waals surface area contributed by atoms with Crippen molar-refractivity contribution in [2.75, 3.05) is 6.61 Å². The summed E-state index contributed by atoms with van der Waals surface area (Å²) in [5, 5.41) is 4.65. The normalized spacial score (nSPS) is 12.7. The first-order chi connectivity index (χ1) is 11.3. The van der Waals surface area contributed by atoms with E-state index in [1.165, 1.54) is 6.92 Å². The molecule has 8 heteroatoms. The molecule has 2 N–H and O–H groups in total. The minimum Gasteiger partial charge on any atom is -0.479 e. The van der Waals surface area contributed by atoms with Crippen LogP contribution >= 0.6 is 15.9 Å². The minimum atomic E-state index is -0.882. The molecular formula is C16H21BrN2O5. The Kier molecular flexibility index (Phi) is 8.25. The van der Waals surface area contributed by atoms with Gasteiger partial charge in [0.15, 0.2) is 12.7 Å². The average Bonchev–Trinajstić information content (AvgIpc) is 2.54. The smallest absolute Gasteiger partial charge is 0.347 e. The molecule has 1 aromatic rings. The number of nitrogens with one attached hydrogen (secondary N) is 2. The van der Waals surface area contributed by atoms with Gasteiger partial charge in [0.2, 0.25) is 0 Å². The molecule has 1 rings (SSSR count). The minimum absolute atomic E-state index is 0.0559. The van der Waals surface area contributed by atoms with Crippen LogP contribution in [-0.4, -0.2) is 36.7 Å². The number of esters is 1. The zero-order chi connectivity index (χ0) is 18.1. The molecule has 0 aliphatic rings. The Bertz CT molecular complexity index is 576. The summed E-state index contributed by atoms with van der Waals surface area (Å²) >= 11 is 3.30. The SMILES string of the molecule is CC[C@H](C)NC(=O)NC(=O)COC(=O)[C@H](C)Oc1ccc(Br)cc1. The molecule has 0 unspecified atom stereocenters. The van der Waals surface area contributed by atoms with Crippen LogP contribution in [0.1, 0.15) is 27.2 Å². The average molecular weight is 401 g/mol. The molecule has 1 aromatic carbocycles. The standard InChI is InChI=1S/C16H21BrN2O5/c1-4-10(2)18-16(22)19-14(20)9-23-15(21)11(3)24-13-7-5-12(17)6-8-13/h5-8,10-11H,4,9H2,1-3H3,(H2,18,19,20,22)/t10-,11-/m0/s1. The maximum atomic E-state index is 11.8. The Morgan fingerprint density at radius 3 is 2.38 bits per heavy atom. The van der Waals surface area contributed by atoms with E-state index in [2.05, 4.69) is 26.6 Å². The van der Waals surface area contributed by atoms with Crippen LogP contribution in [0.4, 0.5) is 4.79 Å². The number of hydrogen-bond acceptors (Lipinski definition) is 5. The summed E-state index contributed by atoms with van der Waals surface area (Å²) in [6.07, 6.45) is -0.144. The van der Waals surface area contributed by atoms with Crippen molar-refractivity contribution in [3.63, 3.8) is 0 Å². The molecule has 0 heterocycles. The first-order valence-corrected chi connectivity index (χ1v) is 8.30. The van der Waals surface area contributed by atoms with Gasteiger partial charge in [-0.25, -0.2) is 9.59 Å². The Morgan fingerprint density at radius 2 is 1.79 bits per heavy atom. The van der Waals surface area contributed by atoms with Crippen LogP contribution in [0.15, 0.2) is 28.7 Å². The summed E-state index contributed by atoms with van der Waals surface area (Å²) in [6, 6.07) is 6.26. The van der Waals surface area contributed by atoms with Crippen LogP contribution in [0.25, 0.3) is 0 Å². The third kappa shape index (κ3) is 7.45. The first-order valence-electron chi connectivity index (χ1n) is 7.51. The number of rotatable bonds is 7. The monoisotopic (exact) mass is 400 g/mol. The van der Waals surface area contributed by atoms with Crippen LogP contribution in [0.2, 0.25) is 0 Å². The Labute approximate surface area is 149 Å². The van der Waals surface area contributed by atoms with Crippen molar-refractivity contribution in [1.82, 2.24) is 10.6 Å². The predicted octanol–water partition coefficient (Wildman–Crippen LogP) is 2.38. The first kappa shape index (κ1) is 20.0. The van der Waals surface area contributed by atoms with E-state index in [-0.39, 0.29) is 6.04 Å². The Morgan fingerprint density at radius 1 is 1.17 bits per heavy atom. The summed E-state index contributed by atoms with van der Waals surface area (Å²) in [5.41, 5.74) is 0. The second-order valence-corrected chi connectivity index (χ2v) is 6.07. The molecule has 0 spiro atoms. The fraction of sp³-hybridized carbons (Fsp3) is 0.438. The van der Waals surface area contributed by atoms with Gasteiger partial charge in [0, 0.05) is 10.5 Å². The lowest BCUT2D eigenvalue weighted by Gasteiger charge is -2.14. The van der Waals surface area contributed by atoms with E-state index in [9.17, 15) is 14.4 Å². The molecule has 0 fully saturated rings. The number of benzene rings is 1. The van der Waals surface area contributed by atoms with Crippen molar-refractivity contribution in [2.45, 2.75) is 39.3 Å². The fourth-order valence-electron chi connectivity index (χ4n) is 1.54. The maximum absolute atomic E-state index is 11.8. The largest absolute Gasteiger partial charge is 0.479 e. The van der Waals surface area contributed by atoms with Gasteiger partial charge in [-0.15, -0.1) is 0 Å². The number of halogens is 1. The summed E-state index contributed by atoms with van der Waals surface area (Å²) in [4.78, 5) is 34.8. The lowest BCUT2D eigenvalue weighted by molar-refractivity contribution is -0.154. The number of carbonyl (C=O) groups is 3. The van der Waals surface area contributed by atoms with Gasteiger partial charge in [-0.2, -0.15) is 0 Å². The second-order valence-electron chi connectivity index (χ2n) is 5.15. The highest BCUT2D eigenvalue weighted by molar-refractivity contribution is 9.10. The lowest BCUT2D eigenvalue weighted by atomic mass is 10.3. The van der Waals surface area contributed by atoms with Gasteiger partial charge in [0.05, 0.1) is 0 Å². The number of ether oxygens (including phenoxy) is 2. The maximum Gasteiger partial charge on any atom is 0.347 e. The highest BCUT2D eigenvalue weighted by Gasteiger charge is 2.18. The molecular weight excluding hydrogens is 380 g/mol. The number of urea groups is 1. The Hall–Kier alpha value is -2.09. The van der Waals surface area contributed by atoms with E-state index in [1.54, 1.807) is 24.3 Å². The number of imide groups is 1. The third-order valence-electron chi connectivity index (χ3n) is 3.05. The molecule has 0 saturated carbocycles.